The number of hydrogen-bond donors (Lipinski definition) is 1. The highest BCUT2D eigenvalue weighted by Crippen LogP contribution is 2.32. The van der Waals surface area contributed by atoms with Crippen LogP contribution >= 0.6 is 11.6 Å². The van der Waals surface area contributed by atoms with Gasteiger partial charge in [-0.1, -0.05) is 29.8 Å². The minimum Gasteiger partial charge on any atom is -0.490 e. The summed E-state index contributed by atoms with van der Waals surface area (Å²) in [6.45, 7) is 0.830. The Morgan fingerprint density at radius 2 is 1.92 bits per heavy atom. The van der Waals surface area contributed by atoms with E-state index in [9.17, 15) is 4.79 Å². The Morgan fingerprint density at radius 3 is 2.67 bits per heavy atom. The van der Waals surface area contributed by atoms with Crippen molar-refractivity contribution in [3.05, 3.63) is 53.6 Å². The topological polar surface area (TPSA) is 47.6 Å². The number of hydrogen-bond acceptors (Lipinski definition) is 3. The first-order chi connectivity index (χ1) is 11.7. The van der Waals surface area contributed by atoms with Gasteiger partial charge >= 0.3 is 0 Å². The van der Waals surface area contributed by atoms with Gasteiger partial charge in [0.1, 0.15) is 23.9 Å². The molecule has 3 rings (SSSR count). The summed E-state index contributed by atoms with van der Waals surface area (Å²) in [5, 5.41) is 3.37. The fraction of sp³-hybridized carbons (Fsp3) is 0.316. The van der Waals surface area contributed by atoms with Gasteiger partial charge in [0.15, 0.2) is 0 Å². The normalized spacial score (nSPS) is 13.4. The molecule has 0 saturated heterocycles. The molecule has 0 atom stereocenters. The maximum absolute atomic E-state index is 11.6. The summed E-state index contributed by atoms with van der Waals surface area (Å²) in [7, 11) is 0. The van der Waals surface area contributed by atoms with Crippen LogP contribution in [0.15, 0.2) is 48.5 Å². The van der Waals surface area contributed by atoms with Crippen LogP contribution < -0.4 is 14.8 Å². The van der Waals surface area contributed by atoms with Gasteiger partial charge in [-0.25, -0.2) is 0 Å². The van der Waals surface area contributed by atoms with Crippen LogP contribution in [0, 0.1) is 5.92 Å². The SMILES string of the molecule is O=C(CC1CC1)NCCOc1cc(Oc2ccccc2)ccc1Cl. The molecule has 0 bridgehead atoms. The Hall–Kier alpha value is -2.20. The summed E-state index contributed by atoms with van der Waals surface area (Å²) in [5.74, 6) is 2.62. The number of halogens is 1. The number of para-hydroxylation sites is 1. The van der Waals surface area contributed by atoms with Crippen molar-refractivity contribution in [3.63, 3.8) is 0 Å². The second-order valence-electron chi connectivity index (χ2n) is 5.85. The lowest BCUT2D eigenvalue weighted by Gasteiger charge is -2.11. The summed E-state index contributed by atoms with van der Waals surface area (Å²) >= 11 is 6.15. The van der Waals surface area contributed by atoms with Crippen molar-refractivity contribution in [1.29, 1.82) is 0 Å². The molecule has 1 saturated carbocycles. The third kappa shape index (κ3) is 5.17. The first-order valence-corrected chi connectivity index (χ1v) is 8.50. The summed E-state index contributed by atoms with van der Waals surface area (Å²) in [5.41, 5.74) is 0. The Kier molecular flexibility index (Phi) is 5.59. The van der Waals surface area contributed by atoms with Crippen LogP contribution in [0.2, 0.25) is 5.02 Å². The van der Waals surface area contributed by atoms with Crippen molar-refractivity contribution in [2.24, 2.45) is 5.92 Å². The van der Waals surface area contributed by atoms with Gasteiger partial charge in [0, 0.05) is 12.5 Å². The highest BCUT2D eigenvalue weighted by atomic mass is 35.5. The summed E-state index contributed by atoms with van der Waals surface area (Å²) in [6, 6.07) is 14.8. The predicted molar refractivity (Wildman–Crippen MR) is 93.8 cm³/mol. The van der Waals surface area contributed by atoms with Crippen molar-refractivity contribution < 1.29 is 14.3 Å². The van der Waals surface area contributed by atoms with Gasteiger partial charge in [-0.2, -0.15) is 0 Å². The quantitative estimate of drug-likeness (QED) is 0.720. The molecule has 2 aromatic rings. The van der Waals surface area contributed by atoms with E-state index in [0.717, 1.165) is 5.75 Å². The maximum atomic E-state index is 11.6. The summed E-state index contributed by atoms with van der Waals surface area (Å²) in [4.78, 5) is 11.6. The van der Waals surface area contributed by atoms with Crippen LogP contribution in [0.1, 0.15) is 19.3 Å². The van der Waals surface area contributed by atoms with E-state index < -0.39 is 0 Å². The lowest BCUT2D eigenvalue weighted by Crippen LogP contribution is -2.28. The van der Waals surface area contributed by atoms with Gasteiger partial charge in [0.2, 0.25) is 5.91 Å². The number of benzene rings is 2. The van der Waals surface area contributed by atoms with Gasteiger partial charge in [-0.15, -0.1) is 0 Å². The third-order valence-corrected chi connectivity index (χ3v) is 4.05. The molecule has 0 aromatic heterocycles. The monoisotopic (exact) mass is 345 g/mol. The zero-order valence-corrected chi connectivity index (χ0v) is 14.1. The van der Waals surface area contributed by atoms with Gasteiger partial charge in [-0.05, 0) is 43.0 Å². The summed E-state index contributed by atoms with van der Waals surface area (Å²) < 4.78 is 11.4. The van der Waals surface area contributed by atoms with Crippen molar-refractivity contribution in [2.75, 3.05) is 13.2 Å². The lowest BCUT2D eigenvalue weighted by molar-refractivity contribution is -0.121. The maximum Gasteiger partial charge on any atom is 0.220 e. The first-order valence-electron chi connectivity index (χ1n) is 8.12. The molecule has 1 amide bonds. The van der Waals surface area contributed by atoms with Crippen LogP contribution in [0.5, 0.6) is 17.2 Å². The van der Waals surface area contributed by atoms with E-state index in [4.69, 9.17) is 21.1 Å². The number of carbonyl (C=O) groups is 1. The van der Waals surface area contributed by atoms with Crippen LogP contribution in [0.4, 0.5) is 0 Å². The van der Waals surface area contributed by atoms with Crippen molar-refractivity contribution in [3.8, 4) is 17.2 Å². The molecular weight excluding hydrogens is 326 g/mol. The lowest BCUT2D eigenvalue weighted by atomic mass is 10.3. The third-order valence-electron chi connectivity index (χ3n) is 3.73. The molecule has 5 heteroatoms. The molecular formula is C19H20ClNO3. The molecule has 0 radical (unpaired) electrons. The molecule has 126 valence electrons. The standard InChI is InChI=1S/C19H20ClNO3/c20-17-9-8-16(24-15-4-2-1-3-5-15)13-18(17)23-11-10-21-19(22)12-14-6-7-14/h1-5,8-9,13-14H,6-7,10-12H2,(H,21,22). The Balaban J connectivity index is 1.49. The molecule has 1 N–H and O–H groups in total. The smallest absolute Gasteiger partial charge is 0.220 e. The van der Waals surface area contributed by atoms with Crippen molar-refractivity contribution in [2.45, 2.75) is 19.3 Å². The van der Waals surface area contributed by atoms with Crippen molar-refractivity contribution >= 4 is 17.5 Å². The molecule has 1 aliphatic carbocycles. The van der Waals surface area contributed by atoms with E-state index in [1.807, 2.05) is 30.3 Å². The zero-order valence-electron chi connectivity index (χ0n) is 13.3. The molecule has 0 spiro atoms. The highest BCUT2D eigenvalue weighted by Gasteiger charge is 2.23. The molecule has 4 nitrogen and oxygen atoms in total. The number of rotatable bonds is 8. The highest BCUT2D eigenvalue weighted by molar-refractivity contribution is 6.32. The largest absolute Gasteiger partial charge is 0.490 e. The Bertz CT molecular complexity index is 686. The second-order valence-corrected chi connectivity index (χ2v) is 6.26. The van der Waals surface area contributed by atoms with Crippen LogP contribution in [-0.4, -0.2) is 19.1 Å². The van der Waals surface area contributed by atoms with E-state index in [1.165, 1.54) is 12.8 Å². The van der Waals surface area contributed by atoms with E-state index >= 15 is 0 Å². The second kappa shape index (κ2) is 8.06. The molecule has 0 heterocycles. The molecule has 24 heavy (non-hydrogen) atoms. The predicted octanol–water partition coefficient (Wildman–Crippen LogP) is 4.43. The van der Waals surface area contributed by atoms with E-state index in [1.54, 1.807) is 18.2 Å². The van der Waals surface area contributed by atoms with Gasteiger partial charge < -0.3 is 14.8 Å². The Morgan fingerprint density at radius 1 is 1.12 bits per heavy atom. The molecule has 0 unspecified atom stereocenters. The van der Waals surface area contributed by atoms with Gasteiger partial charge in [0.25, 0.3) is 0 Å². The number of nitrogens with one attached hydrogen (secondary N) is 1. The fourth-order valence-corrected chi connectivity index (χ4v) is 2.46. The minimum atomic E-state index is 0.0911. The number of amides is 1. The van der Waals surface area contributed by atoms with Gasteiger partial charge in [-0.3, -0.25) is 4.79 Å². The van der Waals surface area contributed by atoms with Crippen LogP contribution in [-0.2, 0) is 4.79 Å². The molecule has 0 aliphatic heterocycles. The Labute approximate surface area is 146 Å². The average molecular weight is 346 g/mol. The van der Waals surface area contributed by atoms with Gasteiger partial charge in [0.05, 0.1) is 11.6 Å². The number of ether oxygens (including phenoxy) is 2. The van der Waals surface area contributed by atoms with E-state index in [2.05, 4.69) is 5.32 Å². The fourth-order valence-electron chi connectivity index (χ4n) is 2.29. The molecule has 2 aromatic carbocycles. The van der Waals surface area contributed by atoms with Crippen LogP contribution in [0.3, 0.4) is 0 Å². The van der Waals surface area contributed by atoms with Crippen LogP contribution in [0.25, 0.3) is 0 Å². The first kappa shape index (κ1) is 16.7. The molecule has 1 aliphatic rings. The number of carbonyl (C=O) groups excluding carboxylic acids is 1. The molecule has 1 fully saturated rings. The van der Waals surface area contributed by atoms with Crippen molar-refractivity contribution in [1.82, 2.24) is 5.32 Å². The van der Waals surface area contributed by atoms with E-state index in [0.29, 0.717) is 42.0 Å². The summed E-state index contributed by atoms with van der Waals surface area (Å²) in [6.07, 6.45) is 2.97. The zero-order chi connectivity index (χ0) is 16.8. The minimum absolute atomic E-state index is 0.0911. The van der Waals surface area contributed by atoms with E-state index in [-0.39, 0.29) is 5.91 Å². The average Bonchev–Trinajstić information content (AvgIpc) is 3.39.